The number of carbonyl (C=O) groups excluding carboxylic acids is 1. The first-order chi connectivity index (χ1) is 13.1. The number of anilines is 1. The fourth-order valence-electron chi connectivity index (χ4n) is 3.93. The van der Waals surface area contributed by atoms with Crippen LogP contribution in [0.1, 0.15) is 18.4 Å². The van der Waals surface area contributed by atoms with E-state index in [-0.39, 0.29) is 24.2 Å². The minimum Gasteiger partial charge on any atom is -0.444 e. The van der Waals surface area contributed by atoms with Crippen LogP contribution < -0.4 is 4.90 Å². The van der Waals surface area contributed by atoms with E-state index in [0.29, 0.717) is 11.5 Å². The van der Waals surface area contributed by atoms with Gasteiger partial charge < -0.3 is 4.74 Å². The fourth-order valence-corrected chi connectivity index (χ4v) is 3.93. The SMILES string of the molecule is O=C(O[C@H]1CN2CCC1CC2)N(Cc1ccc(F)cc1)c1ccccc1F. The minimum atomic E-state index is -0.567. The van der Waals surface area contributed by atoms with Gasteiger partial charge in [0.05, 0.1) is 12.2 Å². The van der Waals surface area contributed by atoms with E-state index in [4.69, 9.17) is 4.74 Å². The minimum absolute atomic E-state index is 0.112. The van der Waals surface area contributed by atoms with Gasteiger partial charge in [0.2, 0.25) is 0 Å². The second kappa shape index (κ2) is 7.64. The highest BCUT2D eigenvalue weighted by Crippen LogP contribution is 2.31. The molecule has 3 saturated heterocycles. The Morgan fingerprint density at radius 3 is 2.41 bits per heavy atom. The largest absolute Gasteiger partial charge is 0.444 e. The van der Waals surface area contributed by atoms with Crippen LogP contribution in [0.4, 0.5) is 19.3 Å². The lowest BCUT2D eigenvalue weighted by atomic mass is 9.86. The predicted molar refractivity (Wildman–Crippen MR) is 98.4 cm³/mol. The number of nitrogens with zero attached hydrogens (tertiary/aromatic N) is 2. The number of para-hydroxylation sites is 1. The molecule has 2 aromatic rings. The molecule has 3 aliphatic heterocycles. The molecule has 2 aromatic carbocycles. The number of amides is 1. The van der Waals surface area contributed by atoms with Crippen LogP contribution in [-0.4, -0.2) is 36.7 Å². The molecule has 0 unspecified atom stereocenters. The third kappa shape index (κ3) is 3.95. The second-order valence-electron chi connectivity index (χ2n) is 7.22. The fraction of sp³-hybridized carbons (Fsp3) is 0.381. The summed E-state index contributed by atoms with van der Waals surface area (Å²) >= 11 is 0. The summed E-state index contributed by atoms with van der Waals surface area (Å²) in [5.74, 6) is -0.483. The van der Waals surface area contributed by atoms with Gasteiger partial charge in [-0.25, -0.2) is 13.6 Å². The lowest BCUT2D eigenvalue weighted by Crippen LogP contribution is -2.53. The summed E-state index contributed by atoms with van der Waals surface area (Å²) in [4.78, 5) is 16.5. The second-order valence-corrected chi connectivity index (χ2v) is 7.22. The third-order valence-electron chi connectivity index (χ3n) is 5.47. The molecule has 27 heavy (non-hydrogen) atoms. The lowest BCUT2D eigenvalue weighted by Gasteiger charge is -2.44. The number of halogens is 2. The van der Waals surface area contributed by atoms with Gasteiger partial charge in [0.25, 0.3) is 0 Å². The van der Waals surface area contributed by atoms with Crippen molar-refractivity contribution >= 4 is 11.8 Å². The summed E-state index contributed by atoms with van der Waals surface area (Å²) in [6.45, 7) is 2.94. The summed E-state index contributed by atoms with van der Waals surface area (Å²) < 4.78 is 33.4. The van der Waals surface area contributed by atoms with Crippen molar-refractivity contribution in [3.63, 3.8) is 0 Å². The number of benzene rings is 2. The van der Waals surface area contributed by atoms with Gasteiger partial charge in [-0.1, -0.05) is 24.3 Å². The maximum atomic E-state index is 14.4. The Labute approximate surface area is 157 Å². The van der Waals surface area contributed by atoms with Crippen LogP contribution in [0.3, 0.4) is 0 Å². The van der Waals surface area contributed by atoms with Gasteiger partial charge >= 0.3 is 6.09 Å². The molecular formula is C21H22F2N2O2. The average molecular weight is 372 g/mol. The van der Waals surface area contributed by atoms with Crippen LogP contribution in [0.2, 0.25) is 0 Å². The molecule has 0 N–H and O–H groups in total. The van der Waals surface area contributed by atoms with Gasteiger partial charge in [-0.15, -0.1) is 0 Å². The van der Waals surface area contributed by atoms with E-state index in [0.717, 1.165) is 32.5 Å². The molecule has 3 heterocycles. The molecule has 0 aliphatic carbocycles. The number of piperidine rings is 3. The van der Waals surface area contributed by atoms with Gasteiger partial charge in [-0.05, 0) is 61.7 Å². The molecular weight excluding hydrogens is 350 g/mol. The van der Waals surface area contributed by atoms with Gasteiger partial charge in [-0.2, -0.15) is 0 Å². The molecule has 0 spiro atoms. The highest BCUT2D eigenvalue weighted by atomic mass is 19.1. The molecule has 5 rings (SSSR count). The first-order valence-electron chi connectivity index (χ1n) is 9.29. The smallest absolute Gasteiger partial charge is 0.415 e. The molecule has 1 amide bonds. The molecule has 6 heteroatoms. The Morgan fingerprint density at radius 2 is 1.78 bits per heavy atom. The number of hydrogen-bond acceptors (Lipinski definition) is 3. The summed E-state index contributed by atoms with van der Waals surface area (Å²) in [5, 5.41) is 0. The van der Waals surface area contributed by atoms with Crippen molar-refractivity contribution < 1.29 is 18.3 Å². The monoisotopic (exact) mass is 372 g/mol. The topological polar surface area (TPSA) is 32.8 Å². The highest BCUT2D eigenvalue weighted by Gasteiger charge is 2.37. The number of hydrogen-bond donors (Lipinski definition) is 0. The summed E-state index contributed by atoms with van der Waals surface area (Å²) in [6.07, 6.45) is 1.32. The van der Waals surface area contributed by atoms with Crippen molar-refractivity contribution in [3.8, 4) is 0 Å². The van der Waals surface area contributed by atoms with Crippen LogP contribution in [0.25, 0.3) is 0 Å². The Balaban J connectivity index is 1.56. The van der Waals surface area contributed by atoms with Gasteiger partial charge in [-0.3, -0.25) is 9.80 Å². The predicted octanol–water partition coefficient (Wildman–Crippen LogP) is 4.20. The van der Waals surface area contributed by atoms with Gasteiger partial charge in [0, 0.05) is 6.54 Å². The van der Waals surface area contributed by atoms with E-state index in [1.165, 1.54) is 23.1 Å². The lowest BCUT2D eigenvalue weighted by molar-refractivity contribution is -0.0311. The van der Waals surface area contributed by atoms with Gasteiger partial charge in [0.15, 0.2) is 0 Å². The molecule has 0 aromatic heterocycles. The standard InChI is InChI=1S/C21H22F2N2O2/c22-17-7-5-15(6-8-17)13-25(19-4-2-1-3-18(19)23)21(26)27-20-14-24-11-9-16(20)10-12-24/h1-8,16,20H,9-14H2/t20-/m0/s1. The Hall–Kier alpha value is -2.47. The first-order valence-corrected chi connectivity index (χ1v) is 9.29. The molecule has 1 atom stereocenters. The molecule has 0 radical (unpaired) electrons. The van der Waals surface area contributed by atoms with E-state index in [9.17, 15) is 13.6 Å². The van der Waals surface area contributed by atoms with Crippen LogP contribution in [0.15, 0.2) is 48.5 Å². The molecule has 2 bridgehead atoms. The maximum absolute atomic E-state index is 14.4. The Kier molecular flexibility index (Phi) is 5.07. The summed E-state index contributed by atoms with van der Waals surface area (Å²) in [7, 11) is 0. The van der Waals surface area contributed by atoms with E-state index >= 15 is 0 Å². The van der Waals surface area contributed by atoms with E-state index in [1.807, 2.05) is 0 Å². The number of carbonyl (C=O) groups is 1. The van der Waals surface area contributed by atoms with Gasteiger partial charge in [0.1, 0.15) is 17.7 Å². The van der Waals surface area contributed by atoms with Crippen molar-refractivity contribution in [2.75, 3.05) is 24.5 Å². The molecule has 4 nitrogen and oxygen atoms in total. The summed E-state index contributed by atoms with van der Waals surface area (Å²) in [5.41, 5.74) is 0.860. The van der Waals surface area contributed by atoms with Crippen molar-refractivity contribution in [1.82, 2.24) is 4.90 Å². The van der Waals surface area contributed by atoms with Crippen molar-refractivity contribution in [2.45, 2.75) is 25.5 Å². The zero-order chi connectivity index (χ0) is 18.8. The zero-order valence-electron chi connectivity index (χ0n) is 15.0. The van der Waals surface area contributed by atoms with Crippen LogP contribution in [0.5, 0.6) is 0 Å². The van der Waals surface area contributed by atoms with Crippen LogP contribution in [-0.2, 0) is 11.3 Å². The zero-order valence-corrected chi connectivity index (χ0v) is 15.0. The normalized spacial score (nSPS) is 23.9. The molecule has 142 valence electrons. The molecule has 3 aliphatic rings. The summed E-state index contributed by atoms with van der Waals surface area (Å²) in [6, 6.07) is 12.0. The first kappa shape index (κ1) is 17.9. The van der Waals surface area contributed by atoms with E-state index < -0.39 is 11.9 Å². The average Bonchev–Trinajstić information content (AvgIpc) is 2.69. The number of ether oxygens (including phenoxy) is 1. The molecule has 3 fully saturated rings. The number of rotatable bonds is 4. The highest BCUT2D eigenvalue weighted by molar-refractivity contribution is 5.87. The van der Waals surface area contributed by atoms with Crippen molar-refractivity contribution in [3.05, 3.63) is 65.7 Å². The van der Waals surface area contributed by atoms with E-state index in [1.54, 1.807) is 30.3 Å². The third-order valence-corrected chi connectivity index (χ3v) is 5.47. The number of fused-ring (bicyclic) bond motifs is 3. The van der Waals surface area contributed by atoms with Crippen molar-refractivity contribution in [1.29, 1.82) is 0 Å². The van der Waals surface area contributed by atoms with Crippen LogP contribution in [0, 0.1) is 17.6 Å². The van der Waals surface area contributed by atoms with Crippen molar-refractivity contribution in [2.24, 2.45) is 5.92 Å². The quantitative estimate of drug-likeness (QED) is 0.806. The van der Waals surface area contributed by atoms with Crippen LogP contribution >= 0.6 is 0 Å². The Morgan fingerprint density at radius 1 is 1.07 bits per heavy atom. The molecule has 0 saturated carbocycles. The maximum Gasteiger partial charge on any atom is 0.415 e. The van der Waals surface area contributed by atoms with E-state index in [2.05, 4.69) is 4.90 Å². The Bertz CT molecular complexity index is 804.